The van der Waals surface area contributed by atoms with E-state index < -0.39 is 5.41 Å². The zero-order chi connectivity index (χ0) is 14.6. The third-order valence-corrected chi connectivity index (χ3v) is 3.62. The highest BCUT2D eigenvalue weighted by atomic mass is 19.1. The Balaban J connectivity index is 2.26. The molecule has 20 heavy (non-hydrogen) atoms. The summed E-state index contributed by atoms with van der Waals surface area (Å²) in [6.07, 6.45) is 0.636. The number of benzene rings is 2. The molecule has 1 unspecified atom stereocenters. The summed E-state index contributed by atoms with van der Waals surface area (Å²) in [5.74, 6) is 0.516. The van der Waals surface area contributed by atoms with E-state index in [1.165, 1.54) is 12.1 Å². The van der Waals surface area contributed by atoms with E-state index in [-0.39, 0.29) is 12.4 Å². The first-order valence-electron chi connectivity index (χ1n) is 6.57. The largest absolute Gasteiger partial charge is 0.497 e. The van der Waals surface area contributed by atoms with Crippen molar-refractivity contribution in [3.63, 3.8) is 0 Å². The van der Waals surface area contributed by atoms with E-state index in [1.807, 2.05) is 37.3 Å². The number of rotatable bonds is 5. The highest BCUT2D eigenvalue weighted by Gasteiger charge is 2.26. The minimum atomic E-state index is -0.503. The maximum absolute atomic E-state index is 13.4. The molecule has 0 aliphatic carbocycles. The summed E-state index contributed by atoms with van der Waals surface area (Å²) < 4.78 is 18.5. The van der Waals surface area contributed by atoms with Gasteiger partial charge in [0.25, 0.3) is 0 Å². The average molecular weight is 274 g/mol. The Kier molecular flexibility index (Phi) is 4.40. The second kappa shape index (κ2) is 6.06. The molecule has 106 valence electrons. The Morgan fingerprint density at radius 2 is 1.85 bits per heavy atom. The van der Waals surface area contributed by atoms with Gasteiger partial charge in [-0.3, -0.25) is 0 Å². The lowest BCUT2D eigenvalue weighted by Crippen LogP contribution is -2.29. The van der Waals surface area contributed by atoms with Crippen LogP contribution in [0, 0.1) is 5.82 Å². The van der Waals surface area contributed by atoms with Gasteiger partial charge in [-0.2, -0.15) is 0 Å². The minimum Gasteiger partial charge on any atom is -0.497 e. The van der Waals surface area contributed by atoms with E-state index in [0.717, 1.165) is 16.9 Å². The molecular formula is C17H19FO2. The van der Waals surface area contributed by atoms with E-state index in [4.69, 9.17) is 4.74 Å². The monoisotopic (exact) mass is 274 g/mol. The second-order valence-electron chi connectivity index (χ2n) is 5.25. The molecule has 0 radical (unpaired) electrons. The predicted molar refractivity (Wildman–Crippen MR) is 77.5 cm³/mol. The fourth-order valence-corrected chi connectivity index (χ4v) is 2.31. The molecule has 0 aromatic heterocycles. The molecule has 0 fully saturated rings. The molecule has 3 heteroatoms. The van der Waals surface area contributed by atoms with Gasteiger partial charge in [0.05, 0.1) is 13.7 Å². The van der Waals surface area contributed by atoms with Crippen LogP contribution in [0.25, 0.3) is 0 Å². The summed E-state index contributed by atoms with van der Waals surface area (Å²) in [6.45, 7) is 1.90. The van der Waals surface area contributed by atoms with E-state index in [0.29, 0.717) is 6.42 Å². The molecule has 0 aliphatic heterocycles. The number of aliphatic hydroxyl groups is 1. The summed E-state index contributed by atoms with van der Waals surface area (Å²) in [5.41, 5.74) is 1.37. The SMILES string of the molecule is COc1ccc(CC(C)(CO)c2cccc(F)c2)cc1. The Labute approximate surface area is 118 Å². The Morgan fingerprint density at radius 3 is 2.40 bits per heavy atom. The summed E-state index contributed by atoms with van der Waals surface area (Å²) in [7, 11) is 1.62. The van der Waals surface area contributed by atoms with Gasteiger partial charge in [-0.15, -0.1) is 0 Å². The summed E-state index contributed by atoms with van der Waals surface area (Å²) in [5, 5.41) is 9.74. The van der Waals surface area contributed by atoms with Gasteiger partial charge in [0.15, 0.2) is 0 Å². The smallest absolute Gasteiger partial charge is 0.123 e. The van der Waals surface area contributed by atoms with Crippen LogP contribution in [0.1, 0.15) is 18.1 Å². The van der Waals surface area contributed by atoms with Crippen LogP contribution >= 0.6 is 0 Å². The van der Waals surface area contributed by atoms with E-state index in [1.54, 1.807) is 13.2 Å². The van der Waals surface area contributed by atoms with E-state index in [9.17, 15) is 9.50 Å². The lowest BCUT2D eigenvalue weighted by molar-refractivity contribution is 0.204. The summed E-state index contributed by atoms with van der Waals surface area (Å²) in [6, 6.07) is 14.1. The second-order valence-corrected chi connectivity index (χ2v) is 5.25. The van der Waals surface area contributed by atoms with Crippen molar-refractivity contribution in [2.45, 2.75) is 18.8 Å². The normalized spacial score (nSPS) is 13.8. The maximum Gasteiger partial charge on any atom is 0.123 e. The third kappa shape index (κ3) is 3.17. The van der Waals surface area contributed by atoms with Crippen molar-refractivity contribution in [3.05, 3.63) is 65.5 Å². The Bertz CT molecular complexity index is 565. The van der Waals surface area contributed by atoms with Crippen molar-refractivity contribution >= 4 is 0 Å². The van der Waals surface area contributed by atoms with Crippen LogP contribution in [0.4, 0.5) is 4.39 Å². The highest BCUT2D eigenvalue weighted by molar-refractivity contribution is 5.32. The van der Waals surface area contributed by atoms with Gasteiger partial charge >= 0.3 is 0 Å². The van der Waals surface area contributed by atoms with Gasteiger partial charge < -0.3 is 9.84 Å². The topological polar surface area (TPSA) is 29.5 Å². The van der Waals surface area contributed by atoms with Crippen LogP contribution in [0.2, 0.25) is 0 Å². The molecule has 0 aliphatic rings. The van der Waals surface area contributed by atoms with Crippen molar-refractivity contribution in [2.24, 2.45) is 0 Å². The molecular weight excluding hydrogens is 255 g/mol. The molecule has 2 aromatic carbocycles. The summed E-state index contributed by atoms with van der Waals surface area (Å²) in [4.78, 5) is 0. The van der Waals surface area contributed by atoms with Gasteiger partial charge in [0.1, 0.15) is 11.6 Å². The van der Waals surface area contributed by atoms with Gasteiger partial charge in [0, 0.05) is 5.41 Å². The van der Waals surface area contributed by atoms with Crippen LogP contribution in [0.5, 0.6) is 5.75 Å². The molecule has 2 aromatic rings. The van der Waals surface area contributed by atoms with E-state index >= 15 is 0 Å². The van der Waals surface area contributed by atoms with Crippen molar-refractivity contribution in [2.75, 3.05) is 13.7 Å². The predicted octanol–water partition coefficient (Wildman–Crippen LogP) is 3.33. The quantitative estimate of drug-likeness (QED) is 0.906. The lowest BCUT2D eigenvalue weighted by atomic mass is 9.78. The molecule has 0 spiro atoms. The molecule has 2 rings (SSSR count). The van der Waals surface area contributed by atoms with Crippen molar-refractivity contribution in [1.82, 2.24) is 0 Å². The maximum atomic E-state index is 13.4. The van der Waals surface area contributed by atoms with Crippen LogP contribution in [-0.2, 0) is 11.8 Å². The number of halogens is 1. The zero-order valence-electron chi connectivity index (χ0n) is 11.8. The number of hydrogen-bond acceptors (Lipinski definition) is 2. The van der Waals surface area contributed by atoms with Crippen LogP contribution in [-0.4, -0.2) is 18.8 Å². The number of methoxy groups -OCH3 is 1. The van der Waals surface area contributed by atoms with Gasteiger partial charge in [-0.05, 0) is 41.8 Å². The van der Waals surface area contributed by atoms with E-state index in [2.05, 4.69) is 0 Å². The van der Waals surface area contributed by atoms with Crippen LogP contribution in [0.3, 0.4) is 0 Å². The average Bonchev–Trinajstić information content (AvgIpc) is 2.48. The fraction of sp³-hybridized carbons (Fsp3) is 0.294. The first-order chi connectivity index (χ1) is 9.57. The number of aliphatic hydroxyl groups excluding tert-OH is 1. The summed E-state index contributed by atoms with van der Waals surface area (Å²) >= 11 is 0. The van der Waals surface area contributed by atoms with Crippen molar-refractivity contribution in [3.8, 4) is 5.75 Å². The van der Waals surface area contributed by atoms with Gasteiger partial charge in [-0.25, -0.2) is 4.39 Å². The molecule has 0 saturated carbocycles. The fourth-order valence-electron chi connectivity index (χ4n) is 2.31. The lowest BCUT2D eigenvalue weighted by Gasteiger charge is -2.28. The standard InChI is InChI=1S/C17H19FO2/c1-17(12-19,14-4-3-5-15(18)10-14)11-13-6-8-16(20-2)9-7-13/h3-10,19H,11-12H2,1-2H3. The zero-order valence-corrected chi connectivity index (χ0v) is 11.8. The van der Waals surface area contributed by atoms with Gasteiger partial charge in [0.2, 0.25) is 0 Å². The first kappa shape index (κ1) is 14.5. The molecule has 1 N–H and O–H groups in total. The van der Waals surface area contributed by atoms with Crippen LogP contribution < -0.4 is 4.74 Å². The first-order valence-corrected chi connectivity index (χ1v) is 6.57. The van der Waals surface area contributed by atoms with Crippen molar-refractivity contribution in [1.29, 1.82) is 0 Å². The van der Waals surface area contributed by atoms with Crippen LogP contribution in [0.15, 0.2) is 48.5 Å². The molecule has 0 saturated heterocycles. The van der Waals surface area contributed by atoms with Gasteiger partial charge in [-0.1, -0.05) is 31.2 Å². The molecule has 0 bridgehead atoms. The Morgan fingerprint density at radius 1 is 1.15 bits per heavy atom. The molecule has 0 heterocycles. The Hall–Kier alpha value is -1.87. The molecule has 1 atom stereocenters. The minimum absolute atomic E-state index is 0.0392. The number of ether oxygens (including phenoxy) is 1. The number of hydrogen-bond donors (Lipinski definition) is 1. The third-order valence-electron chi connectivity index (χ3n) is 3.62. The molecule has 0 amide bonds. The highest BCUT2D eigenvalue weighted by Crippen LogP contribution is 2.29. The van der Waals surface area contributed by atoms with Crippen molar-refractivity contribution < 1.29 is 14.2 Å². The molecule has 2 nitrogen and oxygen atoms in total.